The fourth-order valence-electron chi connectivity index (χ4n) is 1.69. The lowest BCUT2D eigenvalue weighted by molar-refractivity contribution is 1.03. The Morgan fingerprint density at radius 3 is 2.79 bits per heavy atom. The van der Waals surface area contributed by atoms with E-state index in [9.17, 15) is 5.26 Å². The van der Waals surface area contributed by atoms with Gasteiger partial charge in [0.1, 0.15) is 16.2 Å². The van der Waals surface area contributed by atoms with Gasteiger partial charge in [0.25, 0.3) is 0 Å². The first-order chi connectivity index (χ1) is 9.10. The Hall–Kier alpha value is -1.57. The van der Waals surface area contributed by atoms with Crippen LogP contribution in [-0.4, -0.2) is 9.97 Å². The third-order valence-corrected chi connectivity index (χ3v) is 3.86. The minimum atomic E-state index is 0.482. The Morgan fingerprint density at radius 1 is 1.37 bits per heavy atom. The Kier molecular flexibility index (Phi) is 4.41. The first-order valence-electron chi connectivity index (χ1n) is 5.71. The first-order valence-corrected chi connectivity index (χ1v) is 7.08. The fraction of sp³-hybridized carbons (Fsp3) is 0.214. The minimum Gasteiger partial charge on any atom is -0.245 e. The second kappa shape index (κ2) is 6.05. The summed E-state index contributed by atoms with van der Waals surface area (Å²) in [7, 11) is 0. The molecule has 0 aromatic carbocycles. The SMILES string of the molecule is Cc1cc(C)c(C#N)c(SCc2ccc(Cl)nc2)n1. The number of hydrogen-bond acceptors (Lipinski definition) is 4. The molecule has 0 N–H and O–H groups in total. The number of halogens is 1. The smallest absolute Gasteiger partial charge is 0.129 e. The molecule has 0 saturated carbocycles. The Labute approximate surface area is 121 Å². The van der Waals surface area contributed by atoms with Crippen LogP contribution in [0.3, 0.4) is 0 Å². The van der Waals surface area contributed by atoms with Crippen molar-refractivity contribution >= 4 is 23.4 Å². The number of thioether (sulfide) groups is 1. The molecule has 96 valence electrons. The van der Waals surface area contributed by atoms with E-state index in [1.54, 1.807) is 24.0 Å². The molecular formula is C14H12ClN3S. The van der Waals surface area contributed by atoms with Crippen LogP contribution >= 0.6 is 23.4 Å². The largest absolute Gasteiger partial charge is 0.245 e. The van der Waals surface area contributed by atoms with Gasteiger partial charge in [0.05, 0.1) is 5.56 Å². The van der Waals surface area contributed by atoms with Crippen LogP contribution in [0.1, 0.15) is 22.4 Å². The van der Waals surface area contributed by atoms with E-state index in [-0.39, 0.29) is 0 Å². The summed E-state index contributed by atoms with van der Waals surface area (Å²) < 4.78 is 0. The van der Waals surface area contributed by atoms with Crippen LogP contribution in [0.4, 0.5) is 0 Å². The Morgan fingerprint density at radius 2 is 2.16 bits per heavy atom. The normalized spacial score (nSPS) is 10.2. The summed E-state index contributed by atoms with van der Waals surface area (Å²) in [6.07, 6.45) is 1.74. The summed E-state index contributed by atoms with van der Waals surface area (Å²) in [5, 5.41) is 10.4. The van der Waals surface area contributed by atoms with Crippen molar-refractivity contribution in [2.45, 2.75) is 24.6 Å². The molecule has 0 aliphatic heterocycles. The Bertz CT molecular complexity index is 632. The molecule has 0 aliphatic carbocycles. The van der Waals surface area contributed by atoms with Crippen LogP contribution in [-0.2, 0) is 5.75 Å². The maximum atomic E-state index is 9.19. The van der Waals surface area contributed by atoms with Crippen molar-refractivity contribution in [1.29, 1.82) is 5.26 Å². The van der Waals surface area contributed by atoms with E-state index >= 15 is 0 Å². The van der Waals surface area contributed by atoms with Gasteiger partial charge < -0.3 is 0 Å². The van der Waals surface area contributed by atoms with E-state index in [1.165, 1.54) is 0 Å². The molecule has 5 heteroatoms. The van der Waals surface area contributed by atoms with Crippen LogP contribution in [0.15, 0.2) is 29.4 Å². The highest BCUT2D eigenvalue weighted by atomic mass is 35.5. The molecule has 0 fully saturated rings. The van der Waals surface area contributed by atoms with Gasteiger partial charge in [0.2, 0.25) is 0 Å². The Balaban J connectivity index is 2.20. The quantitative estimate of drug-likeness (QED) is 0.635. The molecule has 0 unspecified atom stereocenters. The van der Waals surface area contributed by atoms with Crippen molar-refractivity contribution in [2.75, 3.05) is 0 Å². The summed E-state index contributed by atoms with van der Waals surface area (Å²) in [5.74, 6) is 0.717. The minimum absolute atomic E-state index is 0.482. The van der Waals surface area contributed by atoms with Gasteiger partial charge in [-0.15, -0.1) is 11.8 Å². The van der Waals surface area contributed by atoms with Crippen molar-refractivity contribution in [1.82, 2.24) is 9.97 Å². The molecule has 19 heavy (non-hydrogen) atoms. The average Bonchev–Trinajstić information content (AvgIpc) is 2.37. The molecular weight excluding hydrogens is 278 g/mol. The number of pyridine rings is 2. The molecule has 0 spiro atoms. The molecule has 2 heterocycles. The van der Waals surface area contributed by atoms with E-state index in [2.05, 4.69) is 16.0 Å². The van der Waals surface area contributed by atoms with Gasteiger partial charge in [0, 0.05) is 17.6 Å². The lowest BCUT2D eigenvalue weighted by atomic mass is 10.1. The molecule has 0 bridgehead atoms. The van der Waals surface area contributed by atoms with E-state index in [0.29, 0.717) is 10.7 Å². The fourth-order valence-corrected chi connectivity index (χ4v) is 2.83. The van der Waals surface area contributed by atoms with Gasteiger partial charge in [-0.3, -0.25) is 0 Å². The zero-order valence-corrected chi connectivity index (χ0v) is 12.2. The summed E-state index contributed by atoms with van der Waals surface area (Å²) in [6, 6.07) is 7.83. The van der Waals surface area contributed by atoms with Crippen molar-refractivity contribution in [3.8, 4) is 6.07 Å². The lowest BCUT2D eigenvalue weighted by Crippen LogP contribution is -1.95. The van der Waals surface area contributed by atoms with Crippen LogP contribution < -0.4 is 0 Å². The van der Waals surface area contributed by atoms with Gasteiger partial charge in [-0.25, -0.2) is 9.97 Å². The molecule has 2 rings (SSSR count). The van der Waals surface area contributed by atoms with E-state index in [0.717, 1.165) is 27.6 Å². The highest BCUT2D eigenvalue weighted by Crippen LogP contribution is 2.26. The second-order valence-electron chi connectivity index (χ2n) is 4.15. The maximum Gasteiger partial charge on any atom is 0.129 e. The standard InChI is InChI=1S/C14H12ClN3S/c1-9-5-10(2)18-14(12(9)6-16)19-8-11-3-4-13(15)17-7-11/h3-5,7H,8H2,1-2H3. The maximum absolute atomic E-state index is 9.19. The third kappa shape index (κ3) is 3.46. The predicted octanol–water partition coefficient (Wildman–Crippen LogP) is 3.91. The topological polar surface area (TPSA) is 49.6 Å². The number of nitriles is 1. The molecule has 2 aromatic heterocycles. The van der Waals surface area contributed by atoms with Gasteiger partial charge in [-0.2, -0.15) is 5.26 Å². The van der Waals surface area contributed by atoms with Crippen molar-refractivity contribution in [3.05, 3.63) is 51.9 Å². The molecule has 3 nitrogen and oxygen atoms in total. The second-order valence-corrected chi connectivity index (χ2v) is 5.50. The molecule has 0 amide bonds. The highest BCUT2D eigenvalue weighted by molar-refractivity contribution is 7.98. The first kappa shape index (κ1) is 13.9. The van der Waals surface area contributed by atoms with Crippen LogP contribution in [0, 0.1) is 25.2 Å². The number of rotatable bonds is 3. The zero-order valence-electron chi connectivity index (χ0n) is 10.6. The van der Waals surface area contributed by atoms with Gasteiger partial charge in [-0.05, 0) is 37.1 Å². The molecule has 2 aromatic rings. The van der Waals surface area contributed by atoms with Crippen LogP contribution in [0.5, 0.6) is 0 Å². The summed E-state index contributed by atoms with van der Waals surface area (Å²) in [5.41, 5.74) is 3.59. The average molecular weight is 290 g/mol. The van der Waals surface area contributed by atoms with E-state index in [4.69, 9.17) is 11.6 Å². The third-order valence-electron chi connectivity index (χ3n) is 2.59. The molecule has 0 atom stereocenters. The van der Waals surface area contributed by atoms with Gasteiger partial charge in [0.15, 0.2) is 0 Å². The summed E-state index contributed by atoms with van der Waals surface area (Å²) in [6.45, 7) is 3.86. The lowest BCUT2D eigenvalue weighted by Gasteiger charge is -2.07. The molecule has 0 aliphatic rings. The highest BCUT2D eigenvalue weighted by Gasteiger charge is 2.09. The van der Waals surface area contributed by atoms with Crippen LogP contribution in [0.2, 0.25) is 5.15 Å². The van der Waals surface area contributed by atoms with Crippen LogP contribution in [0.25, 0.3) is 0 Å². The molecule has 0 radical (unpaired) electrons. The molecule has 0 saturated heterocycles. The van der Waals surface area contributed by atoms with Crippen molar-refractivity contribution in [3.63, 3.8) is 0 Å². The van der Waals surface area contributed by atoms with Gasteiger partial charge >= 0.3 is 0 Å². The number of aromatic nitrogens is 2. The zero-order chi connectivity index (χ0) is 13.8. The van der Waals surface area contributed by atoms with E-state index in [1.807, 2.05) is 26.0 Å². The summed E-state index contributed by atoms with van der Waals surface area (Å²) in [4.78, 5) is 8.47. The van der Waals surface area contributed by atoms with Crippen molar-refractivity contribution in [2.24, 2.45) is 0 Å². The summed E-state index contributed by atoms with van der Waals surface area (Å²) >= 11 is 7.29. The van der Waals surface area contributed by atoms with E-state index < -0.39 is 0 Å². The number of hydrogen-bond donors (Lipinski definition) is 0. The predicted molar refractivity (Wildman–Crippen MR) is 77.2 cm³/mol. The van der Waals surface area contributed by atoms with Gasteiger partial charge in [-0.1, -0.05) is 17.7 Å². The monoisotopic (exact) mass is 289 g/mol. The number of nitrogens with zero attached hydrogens (tertiary/aromatic N) is 3. The van der Waals surface area contributed by atoms with Crippen molar-refractivity contribution < 1.29 is 0 Å². The number of aryl methyl sites for hydroxylation is 2.